The van der Waals surface area contributed by atoms with Crippen LogP contribution < -0.4 is 4.74 Å². The largest absolute Gasteiger partial charge is 0.490 e. The van der Waals surface area contributed by atoms with Crippen LogP contribution in [0.3, 0.4) is 0 Å². The Balaban J connectivity index is 1.76. The summed E-state index contributed by atoms with van der Waals surface area (Å²) in [6.07, 6.45) is 0.709. The van der Waals surface area contributed by atoms with Crippen molar-refractivity contribution in [3.63, 3.8) is 0 Å². The average Bonchev–Trinajstić information content (AvgIpc) is 2.59. The molecular formula is C17H13NO4. The molecule has 5 nitrogen and oxygen atoms in total. The molecule has 5 heteroatoms. The van der Waals surface area contributed by atoms with Gasteiger partial charge in [0.05, 0.1) is 17.2 Å². The van der Waals surface area contributed by atoms with Gasteiger partial charge in [0.15, 0.2) is 0 Å². The minimum Gasteiger partial charge on any atom is -0.490 e. The van der Waals surface area contributed by atoms with Gasteiger partial charge in [-0.15, -0.1) is 0 Å². The van der Waals surface area contributed by atoms with Crippen LogP contribution in [0.2, 0.25) is 0 Å². The minimum atomic E-state index is -0.471. The second-order valence-electron chi connectivity index (χ2n) is 4.36. The zero-order valence-electron chi connectivity index (χ0n) is 11.7. The van der Waals surface area contributed by atoms with Gasteiger partial charge in [-0.05, 0) is 36.4 Å². The van der Waals surface area contributed by atoms with Gasteiger partial charge in [-0.1, -0.05) is 12.1 Å². The van der Waals surface area contributed by atoms with E-state index in [1.165, 1.54) is 12.1 Å². The van der Waals surface area contributed by atoms with E-state index in [1.807, 2.05) is 6.07 Å². The molecule has 2 rings (SSSR count). The van der Waals surface area contributed by atoms with Crippen molar-refractivity contribution < 1.29 is 19.1 Å². The Labute approximate surface area is 127 Å². The summed E-state index contributed by atoms with van der Waals surface area (Å²) in [5.41, 5.74) is 1.43. The molecule has 0 atom stereocenters. The van der Waals surface area contributed by atoms with Crippen LogP contribution >= 0.6 is 0 Å². The van der Waals surface area contributed by atoms with Crippen LogP contribution in [0.25, 0.3) is 0 Å². The van der Waals surface area contributed by atoms with E-state index < -0.39 is 5.97 Å². The van der Waals surface area contributed by atoms with Crippen LogP contribution in [0, 0.1) is 11.3 Å². The molecule has 0 spiro atoms. The van der Waals surface area contributed by atoms with Crippen molar-refractivity contribution in [3.05, 3.63) is 65.2 Å². The molecule has 0 aliphatic rings. The number of aldehydes is 1. The maximum Gasteiger partial charge on any atom is 0.338 e. The highest BCUT2D eigenvalue weighted by molar-refractivity contribution is 5.90. The molecule has 2 aromatic rings. The Hall–Kier alpha value is -3.13. The Kier molecular flexibility index (Phi) is 5.27. The molecule has 110 valence electrons. The number of carbonyl (C=O) groups is 2. The van der Waals surface area contributed by atoms with E-state index in [2.05, 4.69) is 0 Å². The summed E-state index contributed by atoms with van der Waals surface area (Å²) in [5, 5.41) is 8.68. The number of hydrogen-bond donors (Lipinski definition) is 0. The second kappa shape index (κ2) is 7.60. The number of ether oxygens (including phenoxy) is 2. The fourth-order valence-corrected chi connectivity index (χ4v) is 1.70. The summed E-state index contributed by atoms with van der Waals surface area (Å²) >= 11 is 0. The van der Waals surface area contributed by atoms with Gasteiger partial charge in [-0.25, -0.2) is 4.79 Å². The van der Waals surface area contributed by atoms with Crippen LogP contribution in [0.15, 0.2) is 48.5 Å². The van der Waals surface area contributed by atoms with Crippen molar-refractivity contribution in [1.29, 1.82) is 5.26 Å². The number of carbonyl (C=O) groups excluding carboxylic acids is 2. The van der Waals surface area contributed by atoms with E-state index >= 15 is 0 Å². The van der Waals surface area contributed by atoms with Crippen molar-refractivity contribution in [3.8, 4) is 11.8 Å². The van der Waals surface area contributed by atoms with Crippen LogP contribution in [-0.2, 0) is 4.74 Å². The zero-order valence-corrected chi connectivity index (χ0v) is 11.7. The number of benzene rings is 2. The van der Waals surface area contributed by atoms with E-state index in [0.29, 0.717) is 28.7 Å². The lowest BCUT2D eigenvalue weighted by atomic mass is 10.1. The van der Waals surface area contributed by atoms with Gasteiger partial charge in [-0.2, -0.15) is 5.26 Å². The third-order valence-electron chi connectivity index (χ3n) is 2.85. The van der Waals surface area contributed by atoms with Gasteiger partial charge >= 0.3 is 5.97 Å². The van der Waals surface area contributed by atoms with Gasteiger partial charge in [0, 0.05) is 5.56 Å². The van der Waals surface area contributed by atoms with Gasteiger partial charge in [0.1, 0.15) is 25.2 Å². The third kappa shape index (κ3) is 4.18. The topological polar surface area (TPSA) is 76.4 Å². The predicted molar refractivity (Wildman–Crippen MR) is 78.8 cm³/mol. The summed E-state index contributed by atoms with van der Waals surface area (Å²) in [7, 11) is 0. The van der Waals surface area contributed by atoms with E-state index in [4.69, 9.17) is 14.7 Å². The van der Waals surface area contributed by atoms with E-state index in [0.717, 1.165) is 0 Å². The molecule has 0 heterocycles. The Bertz CT molecular complexity index is 684. The Morgan fingerprint density at radius 3 is 2.32 bits per heavy atom. The fraction of sp³-hybridized carbons (Fsp3) is 0.118. The molecule has 0 saturated heterocycles. The van der Waals surface area contributed by atoms with Gasteiger partial charge in [-0.3, -0.25) is 4.79 Å². The first-order valence-corrected chi connectivity index (χ1v) is 6.58. The van der Waals surface area contributed by atoms with Crippen molar-refractivity contribution in [2.24, 2.45) is 0 Å². The number of rotatable bonds is 6. The first-order chi connectivity index (χ1) is 10.7. The first-order valence-electron chi connectivity index (χ1n) is 6.58. The predicted octanol–water partition coefficient (Wildman–Crippen LogP) is 2.61. The molecule has 0 radical (unpaired) electrons. The monoisotopic (exact) mass is 295 g/mol. The molecule has 0 aromatic heterocycles. The van der Waals surface area contributed by atoms with Crippen molar-refractivity contribution in [2.45, 2.75) is 0 Å². The van der Waals surface area contributed by atoms with Crippen molar-refractivity contribution in [1.82, 2.24) is 0 Å². The molecule has 0 N–H and O–H groups in total. The van der Waals surface area contributed by atoms with Crippen LogP contribution in [0.5, 0.6) is 5.75 Å². The fourth-order valence-electron chi connectivity index (χ4n) is 1.70. The molecule has 2 aromatic carbocycles. The molecule has 22 heavy (non-hydrogen) atoms. The lowest BCUT2D eigenvalue weighted by Gasteiger charge is -2.07. The highest BCUT2D eigenvalue weighted by atomic mass is 16.6. The molecule has 0 fully saturated rings. The number of hydrogen-bond acceptors (Lipinski definition) is 5. The second-order valence-corrected chi connectivity index (χ2v) is 4.36. The van der Waals surface area contributed by atoms with Gasteiger partial charge in [0.2, 0.25) is 0 Å². The van der Waals surface area contributed by atoms with Crippen LogP contribution in [-0.4, -0.2) is 25.5 Å². The third-order valence-corrected chi connectivity index (χ3v) is 2.85. The minimum absolute atomic E-state index is 0.105. The van der Waals surface area contributed by atoms with Crippen LogP contribution in [0.1, 0.15) is 26.3 Å². The standard InChI is InChI=1S/C17H13NO4/c18-11-13-3-7-16(8-4-13)21-9-10-22-17(20)15-5-1-14(12-19)2-6-15/h1-8,12H,9-10H2. The smallest absolute Gasteiger partial charge is 0.338 e. The average molecular weight is 295 g/mol. The summed E-state index contributed by atoms with van der Waals surface area (Å²) < 4.78 is 10.5. The number of esters is 1. The Morgan fingerprint density at radius 1 is 1.05 bits per heavy atom. The van der Waals surface area contributed by atoms with E-state index in [9.17, 15) is 9.59 Å². The highest BCUT2D eigenvalue weighted by Crippen LogP contribution is 2.11. The normalized spacial score (nSPS) is 9.59. The molecular weight excluding hydrogens is 282 g/mol. The first kappa shape index (κ1) is 15.3. The number of nitriles is 1. The SMILES string of the molecule is N#Cc1ccc(OCCOC(=O)c2ccc(C=O)cc2)cc1. The lowest BCUT2D eigenvalue weighted by molar-refractivity contribution is 0.0450. The Morgan fingerprint density at radius 2 is 1.73 bits per heavy atom. The number of nitrogens with zero attached hydrogens (tertiary/aromatic N) is 1. The van der Waals surface area contributed by atoms with Gasteiger partial charge < -0.3 is 9.47 Å². The molecule has 0 amide bonds. The highest BCUT2D eigenvalue weighted by Gasteiger charge is 2.06. The van der Waals surface area contributed by atoms with Crippen molar-refractivity contribution in [2.75, 3.05) is 13.2 Å². The summed E-state index contributed by atoms with van der Waals surface area (Å²) in [6, 6.07) is 14.8. The maximum atomic E-state index is 11.7. The molecule has 0 saturated carbocycles. The summed E-state index contributed by atoms with van der Waals surface area (Å²) in [6.45, 7) is 0.318. The van der Waals surface area contributed by atoms with Crippen molar-refractivity contribution >= 4 is 12.3 Å². The van der Waals surface area contributed by atoms with E-state index in [1.54, 1.807) is 36.4 Å². The lowest BCUT2D eigenvalue weighted by Crippen LogP contribution is -2.12. The molecule has 0 aliphatic carbocycles. The molecule has 0 aliphatic heterocycles. The quantitative estimate of drug-likeness (QED) is 0.465. The maximum absolute atomic E-state index is 11.7. The zero-order chi connectivity index (χ0) is 15.8. The summed E-state index contributed by atoms with van der Waals surface area (Å²) in [4.78, 5) is 22.3. The van der Waals surface area contributed by atoms with Crippen LogP contribution in [0.4, 0.5) is 0 Å². The van der Waals surface area contributed by atoms with E-state index in [-0.39, 0.29) is 13.2 Å². The molecule has 0 bridgehead atoms. The summed E-state index contributed by atoms with van der Waals surface area (Å²) in [5.74, 6) is 0.131. The van der Waals surface area contributed by atoms with Gasteiger partial charge in [0.25, 0.3) is 0 Å². The molecule has 0 unspecified atom stereocenters.